The summed E-state index contributed by atoms with van der Waals surface area (Å²) in [7, 11) is 5.95. The molecule has 0 radical (unpaired) electrons. The zero-order valence-electron chi connectivity index (χ0n) is 62.7. The minimum atomic E-state index is -1.62. The van der Waals surface area contributed by atoms with Crippen molar-refractivity contribution in [1.29, 1.82) is 0 Å². The molecule has 9 heteroatoms. The van der Waals surface area contributed by atoms with Crippen LogP contribution in [0.25, 0.3) is 0 Å². The van der Waals surface area contributed by atoms with Crippen LogP contribution in [0.2, 0.25) is 0 Å². The van der Waals surface area contributed by atoms with E-state index in [4.69, 9.17) is 18.9 Å². The van der Waals surface area contributed by atoms with Crippen molar-refractivity contribution in [2.75, 3.05) is 47.5 Å². The number of hydrogen-bond donors (Lipinski definition) is 0. The molecule has 0 amide bonds. The molecule has 0 aliphatic heterocycles. The van der Waals surface area contributed by atoms with E-state index in [2.05, 4.69) is 26.0 Å². The number of hydrogen-bond acceptors (Lipinski definition) is 8. The third kappa shape index (κ3) is 75.4. The first-order chi connectivity index (χ1) is 45.1. The lowest BCUT2D eigenvalue weighted by Gasteiger charge is -2.26. The molecule has 92 heavy (non-hydrogen) atoms. The van der Waals surface area contributed by atoms with Gasteiger partial charge in [-0.2, -0.15) is 0 Å². The van der Waals surface area contributed by atoms with E-state index in [1.807, 2.05) is 21.1 Å². The number of aliphatic carboxylic acids is 1. The van der Waals surface area contributed by atoms with Crippen LogP contribution in [0.5, 0.6) is 0 Å². The first-order valence-electron chi connectivity index (χ1n) is 41.3. The highest BCUT2D eigenvalue weighted by Crippen LogP contribution is 2.21. The van der Waals surface area contributed by atoms with Gasteiger partial charge in [0.2, 0.25) is 0 Å². The Kier molecular flexibility index (Phi) is 73.2. The fourth-order valence-electron chi connectivity index (χ4n) is 13.0. The van der Waals surface area contributed by atoms with Gasteiger partial charge in [-0.05, 0) is 38.5 Å². The second kappa shape index (κ2) is 74.8. The van der Waals surface area contributed by atoms with Crippen LogP contribution in [0, 0.1) is 0 Å². The first kappa shape index (κ1) is 90.0. The summed E-state index contributed by atoms with van der Waals surface area (Å²) in [6.45, 7) is 4.84. The van der Waals surface area contributed by atoms with E-state index in [9.17, 15) is 19.5 Å². The van der Waals surface area contributed by atoms with Gasteiger partial charge in [0.15, 0.2) is 12.4 Å². The Morgan fingerprint density at radius 3 is 0.804 bits per heavy atom. The summed E-state index contributed by atoms with van der Waals surface area (Å²) in [5.74, 6) is -2.24. The van der Waals surface area contributed by atoms with E-state index in [0.29, 0.717) is 17.4 Å². The largest absolute Gasteiger partial charge is 0.545 e. The molecule has 0 N–H and O–H groups in total. The monoisotopic (exact) mass is 1300 g/mol. The summed E-state index contributed by atoms with van der Waals surface area (Å²) >= 11 is 0. The van der Waals surface area contributed by atoms with Crippen LogP contribution in [-0.4, -0.2) is 82.3 Å². The van der Waals surface area contributed by atoms with Gasteiger partial charge in [-0.3, -0.25) is 9.59 Å². The molecule has 0 aromatic rings. The van der Waals surface area contributed by atoms with Gasteiger partial charge in [0.05, 0.1) is 40.3 Å². The predicted octanol–water partition coefficient (Wildman–Crippen LogP) is 25.0. The molecule has 9 nitrogen and oxygen atoms in total. The number of esters is 2. The third-order valence-electron chi connectivity index (χ3n) is 19.3. The zero-order chi connectivity index (χ0) is 66.8. The van der Waals surface area contributed by atoms with E-state index in [0.717, 1.165) is 38.5 Å². The van der Waals surface area contributed by atoms with Crippen molar-refractivity contribution in [1.82, 2.24) is 0 Å². The number of likely N-dealkylation sites (N-methyl/N-ethyl adjacent to an activating group) is 1. The zero-order valence-corrected chi connectivity index (χ0v) is 62.7. The molecule has 2 unspecified atom stereocenters. The van der Waals surface area contributed by atoms with Crippen molar-refractivity contribution < 1.29 is 42.9 Å². The van der Waals surface area contributed by atoms with Gasteiger partial charge < -0.3 is 33.3 Å². The van der Waals surface area contributed by atoms with Crippen LogP contribution >= 0.6 is 0 Å². The molecule has 0 aliphatic rings. The number of carboxylic acids is 1. The Balaban J connectivity index is 3.90. The number of unbranched alkanes of at least 4 members (excludes halogenated alkanes) is 62. The standard InChI is InChI=1S/C83H161NO8/c1-6-8-10-12-14-16-18-20-22-24-26-28-30-32-34-35-36-37-38-39-40-41-42-43-44-45-46-48-49-51-53-55-57-59-61-63-65-67-69-71-73-80(85)90-77-79(78-91-83(82(87)88)89-76-75-84(3,4)5)92-81(86)74-72-70-68-66-64-62-60-58-56-54-52-50-47-33-31-29-27-25-23-21-19-17-15-13-11-9-7-2/h25,27,79,83H,6-24,26,28-78H2,1-5H3/b27-25-. The molecule has 0 saturated carbocycles. The molecular weight excluding hydrogens is 1140 g/mol. The molecular formula is C83H161NO8. The number of carbonyl (C=O) groups is 3. The van der Waals surface area contributed by atoms with Gasteiger partial charge in [0.1, 0.15) is 13.2 Å². The van der Waals surface area contributed by atoms with Gasteiger partial charge in [-0.25, -0.2) is 0 Å². The minimum absolute atomic E-state index is 0.152. The van der Waals surface area contributed by atoms with Crippen molar-refractivity contribution in [2.45, 2.75) is 456 Å². The van der Waals surface area contributed by atoms with Crippen molar-refractivity contribution in [3.8, 4) is 0 Å². The lowest BCUT2D eigenvalue weighted by atomic mass is 10.0. The van der Waals surface area contributed by atoms with E-state index in [1.165, 1.54) is 379 Å². The lowest BCUT2D eigenvalue weighted by molar-refractivity contribution is -0.870. The lowest BCUT2D eigenvalue weighted by Crippen LogP contribution is -2.44. The molecule has 0 spiro atoms. The fraction of sp³-hybridized carbons (Fsp3) is 0.940. The quantitative estimate of drug-likeness (QED) is 0.0195. The number of carboxylic acid groups (broad SMARTS) is 1. The highest BCUT2D eigenvalue weighted by molar-refractivity contribution is 5.70. The Morgan fingerprint density at radius 1 is 0.315 bits per heavy atom. The molecule has 546 valence electrons. The number of quaternary nitrogens is 1. The van der Waals surface area contributed by atoms with Crippen molar-refractivity contribution in [3.63, 3.8) is 0 Å². The average Bonchev–Trinajstić information content (AvgIpc) is 3.70. The van der Waals surface area contributed by atoms with Crippen LogP contribution in [0.4, 0.5) is 0 Å². The van der Waals surface area contributed by atoms with Gasteiger partial charge >= 0.3 is 11.9 Å². The minimum Gasteiger partial charge on any atom is -0.545 e. The number of rotatable bonds is 79. The SMILES string of the molecule is CCCCCCCCCC/C=C\CCCCCCCCCCCCCCCCCC(=O)OC(COC(=O)CCCCCCCCCCCCCCCCCCCCCCCCCCCCCCCCCCCCCCCCCC)COC(OCC[N+](C)(C)C)C(=O)[O-]. The number of allylic oxidation sites excluding steroid dienone is 2. The van der Waals surface area contributed by atoms with Crippen LogP contribution in [0.3, 0.4) is 0 Å². The highest BCUT2D eigenvalue weighted by atomic mass is 16.7. The van der Waals surface area contributed by atoms with Crippen molar-refractivity contribution in [3.05, 3.63) is 12.2 Å². The maximum atomic E-state index is 13.0. The number of nitrogens with zero attached hydrogens (tertiary/aromatic N) is 1. The van der Waals surface area contributed by atoms with E-state index in [-0.39, 0.29) is 32.2 Å². The fourth-order valence-corrected chi connectivity index (χ4v) is 13.0. The summed E-state index contributed by atoms with van der Waals surface area (Å²) < 4.78 is 22.9. The molecule has 0 rings (SSSR count). The second-order valence-corrected chi connectivity index (χ2v) is 29.8. The topological polar surface area (TPSA) is 111 Å². The first-order valence-corrected chi connectivity index (χ1v) is 41.3. The number of ether oxygens (including phenoxy) is 4. The Hall–Kier alpha value is -1.97. The molecule has 0 heterocycles. The maximum absolute atomic E-state index is 13.0. The van der Waals surface area contributed by atoms with Crippen LogP contribution in [0.15, 0.2) is 12.2 Å². The second-order valence-electron chi connectivity index (χ2n) is 29.8. The Bertz CT molecular complexity index is 1510. The summed E-state index contributed by atoms with van der Waals surface area (Å²) in [4.78, 5) is 37.6. The van der Waals surface area contributed by atoms with Gasteiger partial charge in [-0.15, -0.1) is 0 Å². The molecule has 2 atom stereocenters. The average molecular weight is 1300 g/mol. The summed E-state index contributed by atoms with van der Waals surface area (Å²) in [6, 6.07) is 0. The van der Waals surface area contributed by atoms with Crippen LogP contribution < -0.4 is 5.11 Å². The van der Waals surface area contributed by atoms with Crippen molar-refractivity contribution in [2.24, 2.45) is 0 Å². The Morgan fingerprint density at radius 2 is 0.554 bits per heavy atom. The molecule has 0 bridgehead atoms. The molecule has 0 aliphatic carbocycles. The smallest absolute Gasteiger partial charge is 0.306 e. The van der Waals surface area contributed by atoms with Crippen LogP contribution in [0.1, 0.15) is 444 Å². The molecule has 0 saturated heterocycles. The normalized spacial score (nSPS) is 12.6. The van der Waals surface area contributed by atoms with Gasteiger partial charge in [-0.1, -0.05) is 405 Å². The van der Waals surface area contributed by atoms with Gasteiger partial charge in [0, 0.05) is 12.8 Å². The van der Waals surface area contributed by atoms with Gasteiger partial charge in [0.25, 0.3) is 0 Å². The van der Waals surface area contributed by atoms with E-state index >= 15 is 0 Å². The Labute approximate surface area is 574 Å². The van der Waals surface area contributed by atoms with Crippen molar-refractivity contribution >= 4 is 17.9 Å². The van der Waals surface area contributed by atoms with Crippen LogP contribution in [-0.2, 0) is 33.3 Å². The molecule has 0 aromatic heterocycles. The van der Waals surface area contributed by atoms with E-state index < -0.39 is 24.3 Å². The van der Waals surface area contributed by atoms with E-state index in [1.54, 1.807) is 0 Å². The molecule has 0 fully saturated rings. The highest BCUT2D eigenvalue weighted by Gasteiger charge is 2.22. The summed E-state index contributed by atoms with van der Waals surface area (Å²) in [5.41, 5.74) is 0. The summed E-state index contributed by atoms with van der Waals surface area (Å²) in [5, 5.41) is 11.9. The number of carbonyl (C=O) groups excluding carboxylic acids is 3. The predicted molar refractivity (Wildman–Crippen MR) is 394 cm³/mol. The summed E-state index contributed by atoms with van der Waals surface area (Å²) in [6.07, 6.45) is 90.8. The third-order valence-corrected chi connectivity index (χ3v) is 19.3. The molecule has 0 aromatic carbocycles. The maximum Gasteiger partial charge on any atom is 0.306 e.